The van der Waals surface area contributed by atoms with E-state index >= 15 is 0 Å². The zero-order valence-electron chi connectivity index (χ0n) is 10.1. The summed E-state index contributed by atoms with van der Waals surface area (Å²) in [5.41, 5.74) is 1.59. The minimum absolute atomic E-state index is 0.0889. The predicted molar refractivity (Wildman–Crippen MR) is 65.1 cm³/mol. The van der Waals surface area contributed by atoms with Crippen LogP contribution in [0.25, 0.3) is 0 Å². The van der Waals surface area contributed by atoms with E-state index in [4.69, 9.17) is 0 Å². The number of aryl methyl sites for hydroxylation is 1. The largest absolute Gasteiger partial charge is 0.510 e. The molecule has 0 heterocycles. The molecule has 1 rings (SSSR count). The summed E-state index contributed by atoms with van der Waals surface area (Å²) in [5, 5.41) is 19.3. The van der Waals surface area contributed by atoms with Crippen LogP contribution in [0, 0.1) is 6.92 Å². The van der Waals surface area contributed by atoms with E-state index in [1.165, 1.54) is 14.0 Å². The maximum absolute atomic E-state index is 11.4. The number of carbonyl (C=O) groups is 1. The standard InChI is InChI=1S/C12H15N3O2/c1-8-5-4-6-10(7-8)14-15-11(9(2)16)12(17)13-3/h4-7,16H,1-3H3,(H,13,17)/b11-9-,15-14?. The first-order chi connectivity index (χ1) is 8.04. The molecule has 1 aromatic carbocycles. The lowest BCUT2D eigenvalue weighted by Gasteiger charge is -2.00. The number of carbonyl (C=O) groups excluding carboxylic acids is 1. The number of amides is 1. The minimum Gasteiger partial charge on any atom is -0.510 e. The molecule has 0 aliphatic carbocycles. The number of hydrogen-bond acceptors (Lipinski definition) is 4. The summed E-state index contributed by atoms with van der Waals surface area (Å²) >= 11 is 0. The Kier molecular flexibility index (Phi) is 4.39. The fourth-order valence-electron chi connectivity index (χ4n) is 1.20. The number of aliphatic hydroxyl groups excluding tert-OH is 1. The van der Waals surface area contributed by atoms with E-state index < -0.39 is 5.91 Å². The van der Waals surface area contributed by atoms with E-state index in [0.717, 1.165) is 5.56 Å². The van der Waals surface area contributed by atoms with Crippen molar-refractivity contribution in [3.63, 3.8) is 0 Å². The molecule has 0 atom stereocenters. The highest BCUT2D eigenvalue weighted by Crippen LogP contribution is 2.16. The van der Waals surface area contributed by atoms with Crippen molar-refractivity contribution in [1.82, 2.24) is 5.32 Å². The molecule has 0 radical (unpaired) electrons. The van der Waals surface area contributed by atoms with Gasteiger partial charge >= 0.3 is 0 Å². The second-order valence-corrected chi connectivity index (χ2v) is 3.55. The van der Waals surface area contributed by atoms with E-state index in [1.54, 1.807) is 6.07 Å². The van der Waals surface area contributed by atoms with Gasteiger partial charge in [-0.25, -0.2) is 0 Å². The average molecular weight is 233 g/mol. The van der Waals surface area contributed by atoms with Crippen molar-refractivity contribution in [2.75, 3.05) is 7.05 Å². The van der Waals surface area contributed by atoms with Gasteiger partial charge in [0.2, 0.25) is 0 Å². The van der Waals surface area contributed by atoms with E-state index in [9.17, 15) is 9.90 Å². The van der Waals surface area contributed by atoms with Crippen molar-refractivity contribution in [3.05, 3.63) is 41.3 Å². The van der Waals surface area contributed by atoms with Gasteiger partial charge in [-0.05, 0) is 31.5 Å². The Balaban J connectivity index is 2.96. The Labute approximate surface area is 99.9 Å². The first-order valence-electron chi connectivity index (χ1n) is 5.15. The Hall–Kier alpha value is -2.17. The van der Waals surface area contributed by atoms with Gasteiger partial charge in [0.1, 0.15) is 5.76 Å². The number of benzene rings is 1. The third-order valence-electron chi connectivity index (χ3n) is 2.05. The van der Waals surface area contributed by atoms with Gasteiger partial charge in [-0.1, -0.05) is 12.1 Å². The van der Waals surface area contributed by atoms with Gasteiger partial charge in [0.05, 0.1) is 5.69 Å². The van der Waals surface area contributed by atoms with Gasteiger partial charge < -0.3 is 10.4 Å². The highest BCUT2D eigenvalue weighted by Gasteiger charge is 2.10. The Morgan fingerprint density at radius 3 is 2.65 bits per heavy atom. The molecule has 5 nitrogen and oxygen atoms in total. The van der Waals surface area contributed by atoms with Crippen molar-refractivity contribution in [3.8, 4) is 0 Å². The first kappa shape index (κ1) is 12.9. The van der Waals surface area contributed by atoms with Crippen molar-refractivity contribution in [1.29, 1.82) is 0 Å². The van der Waals surface area contributed by atoms with Crippen molar-refractivity contribution < 1.29 is 9.90 Å². The highest BCUT2D eigenvalue weighted by molar-refractivity contribution is 5.93. The number of hydrogen-bond donors (Lipinski definition) is 2. The molecule has 17 heavy (non-hydrogen) atoms. The molecule has 90 valence electrons. The molecule has 0 aromatic heterocycles. The molecule has 0 fully saturated rings. The normalized spacial score (nSPS) is 12.4. The maximum Gasteiger partial charge on any atom is 0.275 e. The fraction of sp³-hybridized carbons (Fsp3) is 0.250. The van der Waals surface area contributed by atoms with Gasteiger partial charge in [-0.2, -0.15) is 5.11 Å². The number of likely N-dealkylation sites (N-methyl/N-ethyl adjacent to an activating group) is 1. The third-order valence-corrected chi connectivity index (χ3v) is 2.05. The SMILES string of the molecule is CNC(=O)/C(N=Nc1cccc(C)c1)=C(\C)O. The zero-order chi connectivity index (χ0) is 12.8. The molecule has 5 heteroatoms. The summed E-state index contributed by atoms with van der Waals surface area (Å²) < 4.78 is 0. The average Bonchev–Trinajstić information content (AvgIpc) is 2.28. The van der Waals surface area contributed by atoms with Crippen LogP contribution >= 0.6 is 0 Å². The Morgan fingerprint density at radius 1 is 1.41 bits per heavy atom. The van der Waals surface area contributed by atoms with E-state index in [1.807, 2.05) is 25.1 Å². The second-order valence-electron chi connectivity index (χ2n) is 3.55. The molecule has 0 aliphatic heterocycles. The van der Waals surface area contributed by atoms with Gasteiger partial charge in [0.15, 0.2) is 5.70 Å². The lowest BCUT2D eigenvalue weighted by atomic mass is 10.2. The summed E-state index contributed by atoms with van der Waals surface area (Å²) in [7, 11) is 1.47. The molecule has 2 N–H and O–H groups in total. The molecule has 0 saturated carbocycles. The number of aliphatic hydroxyl groups is 1. The summed E-state index contributed by atoms with van der Waals surface area (Å²) in [6.45, 7) is 3.33. The number of allylic oxidation sites excluding steroid dienone is 1. The molecule has 0 unspecified atom stereocenters. The lowest BCUT2D eigenvalue weighted by molar-refractivity contribution is -0.117. The van der Waals surface area contributed by atoms with Crippen LogP contribution in [-0.4, -0.2) is 18.1 Å². The van der Waals surface area contributed by atoms with Crippen molar-refractivity contribution in [2.45, 2.75) is 13.8 Å². The third kappa shape index (κ3) is 3.71. The quantitative estimate of drug-likeness (QED) is 0.478. The Bertz CT molecular complexity index is 474. The van der Waals surface area contributed by atoms with E-state index in [0.29, 0.717) is 5.69 Å². The number of azo groups is 1. The van der Waals surface area contributed by atoms with E-state index in [2.05, 4.69) is 15.5 Å². The topological polar surface area (TPSA) is 74.0 Å². The lowest BCUT2D eigenvalue weighted by Crippen LogP contribution is -2.20. The number of nitrogens with zero attached hydrogens (tertiary/aromatic N) is 2. The molecule has 0 aliphatic rings. The molecule has 0 bridgehead atoms. The van der Waals surface area contributed by atoms with Crippen LogP contribution in [0.4, 0.5) is 5.69 Å². The van der Waals surface area contributed by atoms with Gasteiger partial charge in [0, 0.05) is 7.05 Å². The maximum atomic E-state index is 11.4. The van der Waals surface area contributed by atoms with Crippen LogP contribution in [0.5, 0.6) is 0 Å². The van der Waals surface area contributed by atoms with Crippen LogP contribution in [-0.2, 0) is 4.79 Å². The van der Waals surface area contributed by atoms with Crippen LogP contribution in [0.2, 0.25) is 0 Å². The molecule has 1 aromatic rings. The second kappa shape index (κ2) is 5.79. The first-order valence-corrected chi connectivity index (χ1v) is 5.15. The molecular weight excluding hydrogens is 218 g/mol. The number of nitrogens with one attached hydrogen (secondary N) is 1. The molecule has 1 amide bonds. The summed E-state index contributed by atoms with van der Waals surface area (Å²) in [5.74, 6) is -0.637. The van der Waals surface area contributed by atoms with E-state index in [-0.39, 0.29) is 11.5 Å². The Morgan fingerprint density at radius 2 is 2.12 bits per heavy atom. The van der Waals surface area contributed by atoms with Gasteiger partial charge in [-0.15, -0.1) is 5.11 Å². The van der Waals surface area contributed by atoms with Crippen molar-refractivity contribution >= 4 is 11.6 Å². The van der Waals surface area contributed by atoms with Crippen molar-refractivity contribution in [2.24, 2.45) is 10.2 Å². The summed E-state index contributed by atoms with van der Waals surface area (Å²) in [6.07, 6.45) is 0. The van der Waals surface area contributed by atoms with Crippen LogP contribution in [0.15, 0.2) is 46.0 Å². The predicted octanol–water partition coefficient (Wildman–Crippen LogP) is 2.61. The monoisotopic (exact) mass is 233 g/mol. The smallest absolute Gasteiger partial charge is 0.275 e. The fourth-order valence-corrected chi connectivity index (χ4v) is 1.20. The molecular formula is C12H15N3O2. The summed E-state index contributed by atoms with van der Waals surface area (Å²) in [6, 6.07) is 7.38. The van der Waals surface area contributed by atoms with Crippen LogP contribution in [0.3, 0.4) is 0 Å². The minimum atomic E-state index is -0.471. The summed E-state index contributed by atoms with van der Waals surface area (Å²) in [4.78, 5) is 11.4. The highest BCUT2D eigenvalue weighted by atomic mass is 16.3. The number of rotatable bonds is 3. The molecule has 0 saturated heterocycles. The van der Waals surface area contributed by atoms with Crippen LogP contribution in [0.1, 0.15) is 12.5 Å². The molecule has 0 spiro atoms. The van der Waals surface area contributed by atoms with Gasteiger partial charge in [0.25, 0.3) is 5.91 Å². The van der Waals surface area contributed by atoms with Crippen LogP contribution < -0.4 is 5.32 Å². The zero-order valence-corrected chi connectivity index (χ0v) is 10.1. The van der Waals surface area contributed by atoms with Gasteiger partial charge in [-0.3, -0.25) is 4.79 Å².